The van der Waals surface area contributed by atoms with Crippen LogP contribution in [0.5, 0.6) is 0 Å². The van der Waals surface area contributed by atoms with Crippen molar-refractivity contribution in [3.63, 3.8) is 0 Å². The predicted molar refractivity (Wildman–Crippen MR) is 85.6 cm³/mol. The lowest BCUT2D eigenvalue weighted by atomic mass is 9.95. The fourth-order valence-corrected chi connectivity index (χ4v) is 2.78. The lowest BCUT2D eigenvalue weighted by molar-refractivity contribution is -0.118. The molecule has 2 aromatic carbocycles. The number of anilines is 1. The molecule has 0 saturated carbocycles. The third-order valence-corrected chi connectivity index (χ3v) is 4.33. The van der Waals surface area contributed by atoms with E-state index in [2.05, 4.69) is 22.8 Å². The van der Waals surface area contributed by atoms with E-state index in [1.165, 1.54) is 11.1 Å². The molecule has 2 N–H and O–H groups in total. The van der Waals surface area contributed by atoms with E-state index >= 15 is 0 Å². The average Bonchev–Trinajstić information content (AvgIpc) is 2.51. The molecule has 0 radical (unpaired) electrons. The summed E-state index contributed by atoms with van der Waals surface area (Å²) in [6, 6.07) is 13.5. The molecule has 0 aliphatic carbocycles. The van der Waals surface area contributed by atoms with Gasteiger partial charge in [0.1, 0.15) is 0 Å². The van der Waals surface area contributed by atoms with Gasteiger partial charge in [-0.15, -0.1) is 0 Å². The van der Waals surface area contributed by atoms with Crippen LogP contribution < -0.4 is 10.6 Å². The molecule has 0 fully saturated rings. The van der Waals surface area contributed by atoms with Crippen molar-refractivity contribution in [3.8, 4) is 0 Å². The highest BCUT2D eigenvalue weighted by molar-refractivity contribution is 6.31. The molecule has 1 atom stereocenters. The van der Waals surface area contributed by atoms with Crippen LogP contribution in [0.15, 0.2) is 42.5 Å². The Morgan fingerprint density at radius 2 is 1.95 bits per heavy atom. The number of nitrogens with one attached hydrogen (secondary N) is 2. The van der Waals surface area contributed by atoms with Crippen LogP contribution in [0.25, 0.3) is 0 Å². The van der Waals surface area contributed by atoms with E-state index in [1.807, 2.05) is 37.3 Å². The van der Waals surface area contributed by atoms with Gasteiger partial charge in [-0.3, -0.25) is 4.79 Å². The molecule has 4 heteroatoms. The van der Waals surface area contributed by atoms with Gasteiger partial charge >= 0.3 is 0 Å². The molecule has 2 aromatic rings. The average molecular weight is 301 g/mol. The number of halogens is 1. The fraction of sp³-hybridized carbons (Fsp3) is 0.235. The van der Waals surface area contributed by atoms with E-state index in [1.54, 1.807) is 0 Å². The molecule has 1 aliphatic heterocycles. The minimum atomic E-state index is -0.210. The summed E-state index contributed by atoms with van der Waals surface area (Å²) in [5, 5.41) is 6.91. The largest absolute Gasteiger partial charge is 0.324 e. The molecule has 3 nitrogen and oxygen atoms in total. The molecule has 0 saturated heterocycles. The zero-order valence-electron chi connectivity index (χ0n) is 11.8. The fourth-order valence-electron chi connectivity index (χ4n) is 2.60. The second-order valence-electron chi connectivity index (χ2n) is 5.31. The van der Waals surface area contributed by atoms with Gasteiger partial charge in [0.15, 0.2) is 0 Å². The summed E-state index contributed by atoms with van der Waals surface area (Å²) in [7, 11) is 0. The van der Waals surface area contributed by atoms with Gasteiger partial charge in [0, 0.05) is 17.3 Å². The molecule has 108 valence electrons. The molecular weight excluding hydrogens is 284 g/mol. The van der Waals surface area contributed by atoms with Crippen molar-refractivity contribution in [2.75, 3.05) is 5.32 Å². The van der Waals surface area contributed by atoms with Gasteiger partial charge in [0.2, 0.25) is 5.91 Å². The first-order chi connectivity index (χ1) is 10.1. The zero-order valence-corrected chi connectivity index (χ0v) is 12.6. The number of benzene rings is 2. The molecule has 0 aromatic heterocycles. The molecule has 1 heterocycles. The molecule has 0 bridgehead atoms. The first-order valence-electron chi connectivity index (χ1n) is 7.01. The van der Waals surface area contributed by atoms with E-state index in [0.717, 1.165) is 17.8 Å². The highest BCUT2D eigenvalue weighted by Gasteiger charge is 2.24. The van der Waals surface area contributed by atoms with Gasteiger partial charge in [0.05, 0.1) is 6.04 Å². The van der Waals surface area contributed by atoms with Crippen LogP contribution in [-0.2, 0) is 17.8 Å². The minimum Gasteiger partial charge on any atom is -0.324 e. The van der Waals surface area contributed by atoms with Gasteiger partial charge in [-0.25, -0.2) is 0 Å². The smallest absolute Gasteiger partial charge is 0.241 e. The Balaban J connectivity index is 1.74. The van der Waals surface area contributed by atoms with Crippen LogP contribution in [0.2, 0.25) is 5.02 Å². The summed E-state index contributed by atoms with van der Waals surface area (Å²) in [5.41, 5.74) is 4.16. The quantitative estimate of drug-likeness (QED) is 0.893. The Kier molecular flexibility index (Phi) is 3.95. The van der Waals surface area contributed by atoms with Gasteiger partial charge in [-0.05, 0) is 42.2 Å². The predicted octanol–water partition coefficient (Wildman–Crippen LogP) is 3.30. The Morgan fingerprint density at radius 1 is 1.19 bits per heavy atom. The molecule has 3 rings (SSSR count). The normalized spacial score (nSPS) is 17.1. The van der Waals surface area contributed by atoms with Crippen LogP contribution in [0.4, 0.5) is 5.69 Å². The number of rotatable bonds is 2. The van der Waals surface area contributed by atoms with E-state index < -0.39 is 0 Å². The SMILES string of the molecule is Cc1c(Cl)cccc1NC(=O)[C@H]1Cc2ccccc2CN1. The summed E-state index contributed by atoms with van der Waals surface area (Å²) in [4.78, 5) is 12.4. The molecule has 0 spiro atoms. The maximum absolute atomic E-state index is 12.4. The third kappa shape index (κ3) is 2.94. The summed E-state index contributed by atoms with van der Waals surface area (Å²) in [5.74, 6) is -0.0186. The standard InChI is InChI=1S/C17H17ClN2O/c1-11-14(18)7-4-8-15(11)20-17(21)16-9-12-5-2-3-6-13(12)10-19-16/h2-8,16,19H,9-10H2,1H3,(H,20,21)/t16-/m1/s1. The number of hydrogen-bond acceptors (Lipinski definition) is 2. The summed E-state index contributed by atoms with van der Waals surface area (Å²) in [6.07, 6.45) is 0.710. The lowest BCUT2D eigenvalue weighted by Crippen LogP contribution is -2.44. The Bertz CT molecular complexity index is 684. The van der Waals surface area contributed by atoms with Gasteiger partial charge in [0.25, 0.3) is 0 Å². The van der Waals surface area contributed by atoms with Crippen molar-refractivity contribution < 1.29 is 4.79 Å². The van der Waals surface area contributed by atoms with Crippen molar-refractivity contribution in [1.82, 2.24) is 5.32 Å². The lowest BCUT2D eigenvalue weighted by Gasteiger charge is -2.25. The summed E-state index contributed by atoms with van der Waals surface area (Å²) < 4.78 is 0. The second kappa shape index (κ2) is 5.88. The maximum Gasteiger partial charge on any atom is 0.241 e. The first kappa shape index (κ1) is 14.1. The van der Waals surface area contributed by atoms with Crippen LogP contribution in [-0.4, -0.2) is 11.9 Å². The highest BCUT2D eigenvalue weighted by atomic mass is 35.5. The van der Waals surface area contributed by atoms with Gasteiger partial charge < -0.3 is 10.6 Å². The van der Waals surface area contributed by atoms with Crippen molar-refractivity contribution in [3.05, 3.63) is 64.2 Å². The summed E-state index contributed by atoms with van der Waals surface area (Å²) in [6.45, 7) is 2.63. The van der Waals surface area contributed by atoms with Crippen LogP contribution in [0.1, 0.15) is 16.7 Å². The van der Waals surface area contributed by atoms with Gasteiger partial charge in [-0.1, -0.05) is 41.9 Å². The van der Waals surface area contributed by atoms with Crippen molar-refractivity contribution in [2.45, 2.75) is 25.9 Å². The van der Waals surface area contributed by atoms with Gasteiger partial charge in [-0.2, -0.15) is 0 Å². The van der Waals surface area contributed by atoms with E-state index in [9.17, 15) is 4.79 Å². The molecule has 21 heavy (non-hydrogen) atoms. The summed E-state index contributed by atoms with van der Waals surface area (Å²) >= 11 is 6.08. The van der Waals surface area contributed by atoms with Crippen molar-refractivity contribution in [2.24, 2.45) is 0 Å². The van der Waals surface area contributed by atoms with Crippen LogP contribution >= 0.6 is 11.6 Å². The van der Waals surface area contributed by atoms with Crippen LogP contribution in [0.3, 0.4) is 0 Å². The molecular formula is C17H17ClN2O. The molecule has 1 aliphatic rings. The molecule has 0 unspecified atom stereocenters. The van der Waals surface area contributed by atoms with Crippen molar-refractivity contribution in [1.29, 1.82) is 0 Å². The van der Waals surface area contributed by atoms with E-state index in [-0.39, 0.29) is 11.9 Å². The highest BCUT2D eigenvalue weighted by Crippen LogP contribution is 2.24. The molecule has 1 amide bonds. The Hall–Kier alpha value is -1.84. The van der Waals surface area contributed by atoms with E-state index in [4.69, 9.17) is 11.6 Å². The first-order valence-corrected chi connectivity index (χ1v) is 7.39. The number of hydrogen-bond donors (Lipinski definition) is 2. The Labute approximate surface area is 129 Å². The number of carbonyl (C=O) groups excluding carboxylic acids is 1. The maximum atomic E-state index is 12.4. The van der Waals surface area contributed by atoms with E-state index in [0.29, 0.717) is 11.4 Å². The monoisotopic (exact) mass is 300 g/mol. The zero-order chi connectivity index (χ0) is 14.8. The number of fused-ring (bicyclic) bond motifs is 1. The second-order valence-corrected chi connectivity index (χ2v) is 5.72. The van der Waals surface area contributed by atoms with Crippen molar-refractivity contribution >= 4 is 23.2 Å². The third-order valence-electron chi connectivity index (χ3n) is 3.92. The number of carbonyl (C=O) groups is 1. The van der Waals surface area contributed by atoms with Crippen LogP contribution in [0, 0.1) is 6.92 Å². The number of amides is 1. The minimum absolute atomic E-state index is 0.0186. The topological polar surface area (TPSA) is 41.1 Å². The Morgan fingerprint density at radius 3 is 2.76 bits per heavy atom.